The van der Waals surface area contributed by atoms with Crippen LogP contribution in [0.2, 0.25) is 0 Å². The van der Waals surface area contributed by atoms with E-state index in [1.54, 1.807) is 30.3 Å². The average molecular weight is 587 g/mol. The topological polar surface area (TPSA) is 0 Å². The zero-order chi connectivity index (χ0) is 30.2. The molecule has 2 saturated carbocycles. The van der Waals surface area contributed by atoms with Crippen molar-refractivity contribution in [3.8, 4) is 22.3 Å². The Bertz CT molecular complexity index is 1320. The van der Waals surface area contributed by atoms with Crippen molar-refractivity contribution in [1.82, 2.24) is 0 Å². The quantitative estimate of drug-likeness (QED) is 0.146. The van der Waals surface area contributed by atoms with Crippen molar-refractivity contribution in [3.05, 3.63) is 95.8 Å². The fourth-order valence-corrected chi connectivity index (χ4v) is 7.83. The number of hydrogen-bond donors (Lipinski definition) is 0. The van der Waals surface area contributed by atoms with E-state index >= 15 is 4.39 Å². The molecule has 2 fully saturated rings. The molecule has 0 nitrogen and oxygen atoms in total. The molecule has 0 N–H and O–H groups in total. The van der Waals surface area contributed by atoms with E-state index in [4.69, 9.17) is 0 Å². The monoisotopic (exact) mass is 586 g/mol. The molecule has 3 aromatic carbocycles. The van der Waals surface area contributed by atoms with Gasteiger partial charge in [0.1, 0.15) is 5.82 Å². The maximum Gasteiger partial charge on any atom is 0.166 e. The van der Waals surface area contributed by atoms with Gasteiger partial charge >= 0.3 is 0 Å². The van der Waals surface area contributed by atoms with Crippen LogP contribution in [0.1, 0.15) is 114 Å². The van der Waals surface area contributed by atoms with Crippen molar-refractivity contribution in [2.45, 2.75) is 109 Å². The van der Waals surface area contributed by atoms with Gasteiger partial charge in [-0.1, -0.05) is 93.6 Å². The van der Waals surface area contributed by atoms with Gasteiger partial charge in [-0.05, 0) is 122 Å². The Hall–Kier alpha value is -2.81. The number of rotatable bonds is 12. The maximum absolute atomic E-state index is 15.4. The van der Waals surface area contributed by atoms with E-state index in [1.165, 1.54) is 44.9 Å². The van der Waals surface area contributed by atoms with Gasteiger partial charge in [0, 0.05) is 5.56 Å². The van der Waals surface area contributed by atoms with Crippen LogP contribution in [0.3, 0.4) is 0 Å². The Morgan fingerprint density at radius 3 is 2.00 bits per heavy atom. The molecule has 3 aromatic rings. The molecule has 5 rings (SSSR count). The van der Waals surface area contributed by atoms with E-state index in [0.717, 1.165) is 79.4 Å². The summed E-state index contributed by atoms with van der Waals surface area (Å²) in [5, 5.41) is 0. The zero-order valence-electron chi connectivity index (χ0n) is 26.0. The molecule has 0 aromatic heterocycles. The number of unbranched alkanes of at least 4 members (excludes halogenated alkanes) is 3. The number of aryl methyl sites for hydroxylation is 1. The number of benzene rings is 3. The molecule has 43 heavy (non-hydrogen) atoms. The second-order valence-corrected chi connectivity index (χ2v) is 13.3. The molecule has 0 unspecified atom stereocenters. The van der Waals surface area contributed by atoms with Crippen molar-refractivity contribution in [2.75, 3.05) is 0 Å². The molecule has 2 aliphatic carbocycles. The van der Waals surface area contributed by atoms with Gasteiger partial charge in [0.25, 0.3) is 0 Å². The summed E-state index contributed by atoms with van der Waals surface area (Å²) in [6.07, 6.45) is 19.2. The Labute approximate surface area is 257 Å². The van der Waals surface area contributed by atoms with Gasteiger partial charge in [0.05, 0.1) is 0 Å². The summed E-state index contributed by atoms with van der Waals surface area (Å²) >= 11 is 0. The molecule has 0 atom stereocenters. The standard InChI is InChI=1S/C40H49F3/c1-3-5-7-8-10-34-23-26-37(40(43)39(34)42)33-21-17-31(18-22-33)35-24-25-36(38(41)27-35)32-19-15-30(16-20-32)29-13-11-28(12-14-29)9-6-4-2/h4,17-18,21-30,32H,2-3,5-16,19-20H2,1H3. The highest BCUT2D eigenvalue weighted by Crippen LogP contribution is 2.45. The smallest absolute Gasteiger partial charge is 0.166 e. The predicted molar refractivity (Wildman–Crippen MR) is 175 cm³/mol. The summed E-state index contributed by atoms with van der Waals surface area (Å²) in [7, 11) is 0. The van der Waals surface area contributed by atoms with E-state index < -0.39 is 11.6 Å². The van der Waals surface area contributed by atoms with Gasteiger partial charge in [-0.25, -0.2) is 13.2 Å². The van der Waals surface area contributed by atoms with Gasteiger partial charge in [-0.15, -0.1) is 6.58 Å². The second-order valence-electron chi connectivity index (χ2n) is 13.3. The first-order chi connectivity index (χ1) is 21.0. The average Bonchev–Trinajstić information content (AvgIpc) is 3.04. The lowest BCUT2D eigenvalue weighted by atomic mass is 9.68. The summed E-state index contributed by atoms with van der Waals surface area (Å²) in [5.74, 6) is 1.18. The van der Waals surface area contributed by atoms with E-state index in [2.05, 4.69) is 19.6 Å². The van der Waals surface area contributed by atoms with Crippen LogP contribution in [-0.4, -0.2) is 0 Å². The molecular weight excluding hydrogens is 537 g/mol. The lowest BCUT2D eigenvalue weighted by Gasteiger charge is -2.38. The molecule has 0 saturated heterocycles. The molecule has 3 heteroatoms. The third kappa shape index (κ3) is 7.83. The van der Waals surface area contributed by atoms with E-state index in [-0.39, 0.29) is 11.4 Å². The minimum absolute atomic E-state index is 0.129. The SMILES string of the molecule is C=CCCC1CCC(C2CCC(c3ccc(-c4ccc(-c5ccc(CCCCCC)c(F)c5F)cc4)cc3F)CC2)CC1. The fraction of sp³-hybridized carbons (Fsp3) is 0.500. The first-order valence-electron chi connectivity index (χ1n) is 17.0. The van der Waals surface area contributed by atoms with Crippen molar-refractivity contribution < 1.29 is 13.2 Å². The van der Waals surface area contributed by atoms with Crippen LogP contribution >= 0.6 is 0 Å². The highest BCUT2D eigenvalue weighted by molar-refractivity contribution is 5.71. The van der Waals surface area contributed by atoms with Gasteiger partial charge in [0.2, 0.25) is 0 Å². The van der Waals surface area contributed by atoms with Crippen molar-refractivity contribution in [3.63, 3.8) is 0 Å². The third-order valence-electron chi connectivity index (χ3n) is 10.5. The summed E-state index contributed by atoms with van der Waals surface area (Å²) in [6.45, 7) is 6.01. The summed E-state index contributed by atoms with van der Waals surface area (Å²) in [6, 6.07) is 16.4. The fourth-order valence-electron chi connectivity index (χ4n) is 7.83. The maximum atomic E-state index is 15.4. The van der Waals surface area contributed by atoms with E-state index in [1.807, 2.05) is 24.3 Å². The molecular formula is C40H49F3. The lowest BCUT2D eigenvalue weighted by Crippen LogP contribution is -2.25. The first kappa shape index (κ1) is 31.6. The van der Waals surface area contributed by atoms with Crippen LogP contribution in [-0.2, 0) is 6.42 Å². The van der Waals surface area contributed by atoms with Crippen LogP contribution in [0.25, 0.3) is 22.3 Å². The normalized spacial score (nSPS) is 22.4. The molecule has 2 aliphatic rings. The van der Waals surface area contributed by atoms with E-state index in [9.17, 15) is 8.78 Å². The molecule has 0 aliphatic heterocycles. The number of hydrogen-bond acceptors (Lipinski definition) is 0. The zero-order valence-corrected chi connectivity index (χ0v) is 26.0. The van der Waals surface area contributed by atoms with Crippen molar-refractivity contribution in [2.24, 2.45) is 17.8 Å². The predicted octanol–water partition coefficient (Wildman–Crippen LogP) is 12.6. The molecule has 230 valence electrons. The van der Waals surface area contributed by atoms with Crippen LogP contribution in [0.4, 0.5) is 13.2 Å². The van der Waals surface area contributed by atoms with Crippen molar-refractivity contribution >= 4 is 0 Å². The van der Waals surface area contributed by atoms with Gasteiger partial charge < -0.3 is 0 Å². The van der Waals surface area contributed by atoms with Crippen LogP contribution in [0.5, 0.6) is 0 Å². The Morgan fingerprint density at radius 2 is 1.35 bits per heavy atom. The Balaban J connectivity index is 1.18. The number of allylic oxidation sites excluding steroid dienone is 1. The van der Waals surface area contributed by atoms with Crippen LogP contribution in [0.15, 0.2) is 67.3 Å². The Kier molecular flexibility index (Phi) is 11.2. The number of halogens is 3. The van der Waals surface area contributed by atoms with Gasteiger partial charge in [0.15, 0.2) is 11.6 Å². The molecule has 0 heterocycles. The first-order valence-corrected chi connectivity index (χ1v) is 17.0. The van der Waals surface area contributed by atoms with Crippen molar-refractivity contribution in [1.29, 1.82) is 0 Å². The third-order valence-corrected chi connectivity index (χ3v) is 10.5. The largest absolute Gasteiger partial charge is 0.207 e. The lowest BCUT2D eigenvalue weighted by molar-refractivity contribution is 0.156. The summed E-state index contributed by atoms with van der Waals surface area (Å²) in [5.41, 5.74) is 3.86. The second kappa shape index (κ2) is 15.3. The summed E-state index contributed by atoms with van der Waals surface area (Å²) < 4.78 is 45.2. The van der Waals surface area contributed by atoms with Crippen LogP contribution in [0, 0.1) is 35.2 Å². The minimum atomic E-state index is -0.790. The highest BCUT2D eigenvalue weighted by Gasteiger charge is 2.32. The van der Waals surface area contributed by atoms with E-state index in [0.29, 0.717) is 23.5 Å². The molecule has 0 amide bonds. The van der Waals surface area contributed by atoms with Gasteiger partial charge in [-0.2, -0.15) is 0 Å². The molecule has 0 bridgehead atoms. The highest BCUT2D eigenvalue weighted by atomic mass is 19.2. The summed E-state index contributed by atoms with van der Waals surface area (Å²) in [4.78, 5) is 0. The molecule has 0 radical (unpaired) electrons. The Morgan fingerprint density at radius 1 is 0.698 bits per heavy atom. The van der Waals surface area contributed by atoms with Gasteiger partial charge in [-0.3, -0.25) is 0 Å². The van der Waals surface area contributed by atoms with Crippen LogP contribution < -0.4 is 0 Å². The molecule has 0 spiro atoms. The minimum Gasteiger partial charge on any atom is -0.207 e.